The third-order valence-corrected chi connectivity index (χ3v) is 1.63. The van der Waals surface area contributed by atoms with Crippen LogP contribution >= 0.6 is 0 Å². The van der Waals surface area contributed by atoms with Crippen molar-refractivity contribution in [1.82, 2.24) is 15.1 Å². The van der Waals surface area contributed by atoms with Crippen molar-refractivity contribution in [3.63, 3.8) is 0 Å². The highest BCUT2D eigenvalue weighted by molar-refractivity contribution is 5.21. The van der Waals surface area contributed by atoms with Crippen molar-refractivity contribution in [2.75, 3.05) is 0 Å². The monoisotopic (exact) mass is 176 g/mol. The number of aryl methyl sites for hydroxylation is 1. The summed E-state index contributed by atoms with van der Waals surface area (Å²) in [5.41, 5.74) is 0.723. The van der Waals surface area contributed by atoms with Crippen LogP contribution in [0.15, 0.2) is 30.3 Å². The van der Waals surface area contributed by atoms with Gasteiger partial charge in [0.25, 0.3) is 6.01 Å². The van der Waals surface area contributed by atoms with E-state index in [4.69, 9.17) is 0 Å². The number of hydrogen-bond donors (Lipinski definition) is 0. The van der Waals surface area contributed by atoms with Gasteiger partial charge in [-0.25, -0.2) is 0 Å². The SMILES string of the molecule is Cn1nc([O-])[n+](-c2ccccc2)n1. The Kier molecular flexibility index (Phi) is 1.70. The zero-order valence-corrected chi connectivity index (χ0v) is 7.08. The summed E-state index contributed by atoms with van der Waals surface area (Å²) in [5.74, 6) is 0. The minimum Gasteiger partial charge on any atom is -0.816 e. The Morgan fingerprint density at radius 3 is 2.54 bits per heavy atom. The van der Waals surface area contributed by atoms with Gasteiger partial charge in [-0.3, -0.25) is 0 Å². The molecule has 1 aromatic heterocycles. The van der Waals surface area contributed by atoms with Gasteiger partial charge in [0.05, 0.1) is 10.3 Å². The van der Waals surface area contributed by atoms with Crippen LogP contribution in [0.1, 0.15) is 0 Å². The van der Waals surface area contributed by atoms with Crippen molar-refractivity contribution in [1.29, 1.82) is 0 Å². The van der Waals surface area contributed by atoms with Gasteiger partial charge in [-0.2, -0.15) is 0 Å². The van der Waals surface area contributed by atoms with Crippen molar-refractivity contribution in [3.8, 4) is 11.7 Å². The Balaban J connectivity index is 2.53. The maximum atomic E-state index is 11.2. The molecule has 1 aromatic carbocycles. The third-order valence-electron chi connectivity index (χ3n) is 1.63. The number of aromatic nitrogens is 4. The number of rotatable bonds is 1. The molecule has 0 fully saturated rings. The summed E-state index contributed by atoms with van der Waals surface area (Å²) >= 11 is 0. The normalized spacial score (nSPS) is 10.2. The first-order chi connectivity index (χ1) is 6.27. The molecule has 5 nitrogen and oxygen atoms in total. The van der Waals surface area contributed by atoms with E-state index in [2.05, 4.69) is 10.3 Å². The molecule has 5 heteroatoms. The van der Waals surface area contributed by atoms with Crippen LogP contribution in [0.4, 0.5) is 0 Å². The molecule has 0 N–H and O–H groups in total. The topological polar surface area (TPSA) is 57.6 Å². The lowest BCUT2D eigenvalue weighted by Gasteiger charge is -1.96. The lowest BCUT2D eigenvalue weighted by atomic mass is 10.3. The molecule has 0 saturated carbocycles. The van der Waals surface area contributed by atoms with Gasteiger partial charge >= 0.3 is 0 Å². The average molecular weight is 176 g/mol. The lowest BCUT2D eigenvalue weighted by molar-refractivity contribution is -0.705. The van der Waals surface area contributed by atoms with Crippen LogP contribution in [0.3, 0.4) is 0 Å². The predicted octanol–water partition coefficient (Wildman–Crippen LogP) is -0.835. The number of para-hydroxylation sites is 1. The molecule has 0 aliphatic heterocycles. The van der Waals surface area contributed by atoms with Crippen LogP contribution in [0.5, 0.6) is 6.01 Å². The highest BCUT2D eigenvalue weighted by Gasteiger charge is 2.08. The Morgan fingerprint density at radius 2 is 2.00 bits per heavy atom. The van der Waals surface area contributed by atoms with Crippen LogP contribution < -0.4 is 9.79 Å². The van der Waals surface area contributed by atoms with E-state index in [1.807, 2.05) is 18.2 Å². The molecule has 0 aliphatic rings. The molecule has 2 rings (SSSR count). The molecule has 2 aromatic rings. The van der Waals surface area contributed by atoms with E-state index in [0.29, 0.717) is 0 Å². The van der Waals surface area contributed by atoms with E-state index in [9.17, 15) is 5.11 Å². The summed E-state index contributed by atoms with van der Waals surface area (Å²) in [6, 6.07) is 8.80. The fraction of sp³-hybridized carbons (Fsp3) is 0.125. The van der Waals surface area contributed by atoms with E-state index in [-0.39, 0.29) is 6.01 Å². The van der Waals surface area contributed by atoms with Gasteiger partial charge in [-0.15, -0.1) is 4.68 Å². The Morgan fingerprint density at radius 1 is 1.31 bits per heavy atom. The zero-order chi connectivity index (χ0) is 9.26. The van der Waals surface area contributed by atoms with Crippen molar-refractivity contribution in [3.05, 3.63) is 30.3 Å². The zero-order valence-electron chi connectivity index (χ0n) is 7.08. The molecule has 0 aliphatic carbocycles. The first-order valence-electron chi connectivity index (χ1n) is 3.83. The van der Waals surface area contributed by atoms with Crippen molar-refractivity contribution in [2.24, 2.45) is 7.05 Å². The smallest absolute Gasteiger partial charge is 0.271 e. The fourth-order valence-corrected chi connectivity index (χ4v) is 1.09. The highest BCUT2D eigenvalue weighted by atomic mass is 16.3. The molecule has 1 heterocycles. The van der Waals surface area contributed by atoms with Gasteiger partial charge < -0.3 is 5.11 Å². The van der Waals surface area contributed by atoms with E-state index < -0.39 is 0 Å². The maximum absolute atomic E-state index is 11.2. The molecular formula is C8H8N4O. The molecular weight excluding hydrogens is 168 g/mol. The van der Waals surface area contributed by atoms with Crippen LogP contribution in [-0.2, 0) is 7.05 Å². The van der Waals surface area contributed by atoms with Crippen molar-refractivity contribution in [2.45, 2.75) is 0 Å². The van der Waals surface area contributed by atoms with Gasteiger partial charge in [0, 0.05) is 0 Å². The number of nitrogens with zero attached hydrogens (tertiary/aromatic N) is 4. The molecule has 0 bridgehead atoms. The summed E-state index contributed by atoms with van der Waals surface area (Å²) in [7, 11) is 1.61. The van der Waals surface area contributed by atoms with E-state index >= 15 is 0 Å². The second-order valence-corrected chi connectivity index (χ2v) is 2.61. The standard InChI is InChI=1S/C8H8N4O/c1-11-9-8(13)12(10-11)7-5-3-2-4-6-7/h2-6H,1H3. The average Bonchev–Trinajstić information content (AvgIpc) is 2.47. The predicted molar refractivity (Wildman–Crippen MR) is 42.0 cm³/mol. The van der Waals surface area contributed by atoms with Crippen LogP contribution in [0.2, 0.25) is 0 Å². The first kappa shape index (κ1) is 7.72. The quantitative estimate of drug-likeness (QED) is 0.532. The molecule has 0 spiro atoms. The first-order valence-corrected chi connectivity index (χ1v) is 3.83. The minimum absolute atomic E-state index is 0.367. The molecule has 66 valence electrons. The van der Waals surface area contributed by atoms with Crippen LogP contribution in [0.25, 0.3) is 5.69 Å². The van der Waals surface area contributed by atoms with E-state index in [0.717, 1.165) is 5.69 Å². The largest absolute Gasteiger partial charge is 0.816 e. The fourth-order valence-electron chi connectivity index (χ4n) is 1.09. The molecule has 0 atom stereocenters. The summed E-state index contributed by atoms with van der Waals surface area (Å²) in [5, 5.41) is 18.7. The Labute approximate surface area is 74.8 Å². The van der Waals surface area contributed by atoms with Gasteiger partial charge in [-0.05, 0) is 16.9 Å². The summed E-state index contributed by atoms with van der Waals surface area (Å²) in [6.07, 6.45) is 0. The maximum Gasteiger partial charge on any atom is 0.271 e. The van der Waals surface area contributed by atoms with Crippen LogP contribution in [-0.4, -0.2) is 15.1 Å². The second-order valence-electron chi connectivity index (χ2n) is 2.61. The summed E-state index contributed by atoms with van der Waals surface area (Å²) in [4.78, 5) is 1.25. The van der Waals surface area contributed by atoms with Crippen molar-refractivity contribution < 1.29 is 9.79 Å². The van der Waals surface area contributed by atoms with Crippen molar-refractivity contribution >= 4 is 0 Å². The van der Waals surface area contributed by atoms with Gasteiger partial charge in [-0.1, -0.05) is 18.2 Å². The van der Waals surface area contributed by atoms with Crippen LogP contribution in [0, 0.1) is 0 Å². The molecule has 0 radical (unpaired) electrons. The molecule has 0 unspecified atom stereocenters. The third kappa shape index (κ3) is 1.35. The van der Waals surface area contributed by atoms with Gasteiger partial charge in [0.15, 0.2) is 0 Å². The van der Waals surface area contributed by atoms with E-state index in [1.54, 1.807) is 19.2 Å². The Bertz CT molecular complexity index is 409. The summed E-state index contributed by atoms with van der Waals surface area (Å²) < 4.78 is 1.25. The second kappa shape index (κ2) is 2.85. The number of hydrogen-bond acceptors (Lipinski definition) is 3. The van der Waals surface area contributed by atoms with E-state index in [1.165, 1.54) is 9.48 Å². The summed E-state index contributed by atoms with van der Waals surface area (Å²) in [6.45, 7) is 0. The number of tetrazole rings is 1. The molecule has 0 amide bonds. The minimum atomic E-state index is -0.367. The molecule has 13 heavy (non-hydrogen) atoms. The number of benzene rings is 1. The highest BCUT2D eigenvalue weighted by Crippen LogP contribution is 1.98. The molecule has 0 saturated heterocycles. The van der Waals surface area contributed by atoms with Gasteiger partial charge in [0.1, 0.15) is 12.7 Å². The van der Waals surface area contributed by atoms with Gasteiger partial charge in [0.2, 0.25) is 0 Å². The lowest BCUT2D eigenvalue weighted by Crippen LogP contribution is -2.36. The Hall–Kier alpha value is -1.91.